The van der Waals surface area contributed by atoms with Crippen LogP contribution in [0.25, 0.3) is 16.6 Å². The number of nitrogens with one attached hydrogen (secondary N) is 1. The van der Waals surface area contributed by atoms with E-state index in [1.807, 2.05) is 52.9 Å². The highest BCUT2D eigenvalue weighted by atomic mass is 16.3. The minimum absolute atomic E-state index is 0.188. The molecule has 2 N–H and O–H groups in total. The number of aryl methyl sites for hydroxylation is 1. The van der Waals surface area contributed by atoms with Gasteiger partial charge < -0.3 is 19.5 Å². The highest BCUT2D eigenvalue weighted by Gasteiger charge is 2.32. The van der Waals surface area contributed by atoms with E-state index in [-0.39, 0.29) is 11.6 Å². The van der Waals surface area contributed by atoms with Gasteiger partial charge in [-0.1, -0.05) is 12.1 Å². The molecule has 0 amide bonds. The lowest BCUT2D eigenvalue weighted by Gasteiger charge is -2.29. The Morgan fingerprint density at radius 3 is 2.34 bits per heavy atom. The summed E-state index contributed by atoms with van der Waals surface area (Å²) in [5.41, 5.74) is 4.49. The highest BCUT2D eigenvalue weighted by Crippen LogP contribution is 2.33. The topological polar surface area (TPSA) is 68.4 Å². The largest absolute Gasteiger partial charge is 0.509 e. The third kappa shape index (κ3) is 2.95. The zero-order valence-electron chi connectivity index (χ0n) is 16.6. The lowest BCUT2D eigenvalue weighted by molar-refractivity contribution is 0.411. The summed E-state index contributed by atoms with van der Waals surface area (Å²) in [6.45, 7) is 2.51. The molecule has 148 valence electrons. The molecule has 2 aromatic carbocycles. The van der Waals surface area contributed by atoms with Crippen LogP contribution in [0.15, 0.2) is 54.3 Å². The molecular weight excluding hydrogens is 362 g/mol. The number of amidine groups is 1. The van der Waals surface area contributed by atoms with E-state index in [9.17, 15) is 5.11 Å². The average molecular weight is 387 g/mol. The van der Waals surface area contributed by atoms with Crippen molar-refractivity contribution in [2.45, 2.75) is 19.3 Å². The van der Waals surface area contributed by atoms with Crippen LogP contribution in [-0.2, 0) is 7.05 Å². The monoisotopic (exact) mass is 387 g/mol. The van der Waals surface area contributed by atoms with Crippen molar-refractivity contribution in [2.75, 3.05) is 29.4 Å². The quantitative estimate of drug-likeness (QED) is 0.702. The summed E-state index contributed by atoms with van der Waals surface area (Å²) < 4.78 is 1.94. The Balaban J connectivity index is 1.43. The maximum Gasteiger partial charge on any atom is 0.148 e. The maximum absolute atomic E-state index is 10.7. The van der Waals surface area contributed by atoms with Gasteiger partial charge in [0.05, 0.1) is 23.2 Å². The van der Waals surface area contributed by atoms with Gasteiger partial charge in [-0.15, -0.1) is 0 Å². The second kappa shape index (κ2) is 6.95. The predicted octanol–water partition coefficient (Wildman–Crippen LogP) is 4.33. The van der Waals surface area contributed by atoms with Crippen molar-refractivity contribution in [3.63, 3.8) is 0 Å². The van der Waals surface area contributed by atoms with Gasteiger partial charge in [0.25, 0.3) is 0 Å². The molecule has 1 saturated heterocycles. The molecule has 2 aliphatic heterocycles. The Labute approximate surface area is 170 Å². The van der Waals surface area contributed by atoms with Crippen molar-refractivity contribution in [1.29, 1.82) is 5.41 Å². The first-order chi connectivity index (χ1) is 14.1. The predicted molar refractivity (Wildman–Crippen MR) is 118 cm³/mol. The Morgan fingerprint density at radius 1 is 0.931 bits per heavy atom. The van der Waals surface area contributed by atoms with Crippen molar-refractivity contribution >= 4 is 33.8 Å². The van der Waals surface area contributed by atoms with Crippen LogP contribution in [0.5, 0.6) is 0 Å². The molecule has 2 aliphatic rings. The zero-order chi connectivity index (χ0) is 20.0. The second-order valence-corrected chi connectivity index (χ2v) is 7.80. The number of hydrogen-bond donors (Lipinski definition) is 2. The molecule has 0 atom stereocenters. The first-order valence-electron chi connectivity index (χ1n) is 10.2. The van der Waals surface area contributed by atoms with Crippen LogP contribution in [0, 0.1) is 5.41 Å². The van der Waals surface area contributed by atoms with E-state index in [0.717, 1.165) is 29.8 Å². The van der Waals surface area contributed by atoms with E-state index in [2.05, 4.69) is 22.0 Å². The summed E-state index contributed by atoms with van der Waals surface area (Å²) >= 11 is 0. The molecule has 5 rings (SSSR count). The number of benzene rings is 2. The number of aromatic nitrogens is 2. The molecule has 0 aliphatic carbocycles. The van der Waals surface area contributed by atoms with E-state index >= 15 is 0 Å². The third-order valence-electron chi connectivity index (χ3n) is 6.00. The number of rotatable bonds is 3. The number of hydrogen-bond acceptors (Lipinski definition) is 4. The van der Waals surface area contributed by atoms with Gasteiger partial charge >= 0.3 is 0 Å². The van der Waals surface area contributed by atoms with Crippen LogP contribution in [-0.4, -0.2) is 40.1 Å². The highest BCUT2D eigenvalue weighted by molar-refractivity contribution is 6.30. The standard InChI is InChI=1S/C23H25N5O/c1-26-19-8-4-3-7-18(19)25-23(26)21-20(29)15-28(22(21)24)17-11-9-16(10-12-17)27-13-5-2-6-14-27/h3-4,7-12,24,29H,2,5-6,13-15H2,1H3. The molecule has 0 radical (unpaired) electrons. The summed E-state index contributed by atoms with van der Waals surface area (Å²) in [6.07, 6.45) is 3.81. The number of piperidine rings is 1. The number of imidazole rings is 1. The lowest BCUT2D eigenvalue weighted by atomic mass is 10.1. The normalized spacial score (nSPS) is 17.6. The van der Waals surface area contributed by atoms with Gasteiger partial charge in [0.15, 0.2) is 0 Å². The Kier molecular flexibility index (Phi) is 4.27. The SMILES string of the molecule is Cn1c(C2=C(O)CN(c3ccc(N4CCCCC4)cc3)C2=N)nc2ccccc21. The fourth-order valence-corrected chi connectivity index (χ4v) is 4.40. The molecule has 0 saturated carbocycles. The fraction of sp³-hybridized carbons (Fsp3) is 0.304. The van der Waals surface area contributed by atoms with Gasteiger partial charge in [-0.25, -0.2) is 4.98 Å². The van der Waals surface area contributed by atoms with Crippen molar-refractivity contribution in [3.05, 3.63) is 60.1 Å². The average Bonchev–Trinajstić information content (AvgIpc) is 3.24. The molecule has 3 aromatic rings. The van der Waals surface area contributed by atoms with E-state index in [1.54, 1.807) is 0 Å². The maximum atomic E-state index is 10.7. The third-order valence-corrected chi connectivity index (χ3v) is 6.00. The van der Waals surface area contributed by atoms with Gasteiger partial charge in [0.1, 0.15) is 17.4 Å². The Bertz CT molecular complexity index is 1110. The van der Waals surface area contributed by atoms with Gasteiger partial charge in [-0.2, -0.15) is 0 Å². The number of aliphatic hydroxyl groups is 1. The Morgan fingerprint density at radius 2 is 1.62 bits per heavy atom. The molecule has 1 aromatic heterocycles. The minimum atomic E-state index is 0.188. The lowest BCUT2D eigenvalue weighted by Crippen LogP contribution is -2.29. The molecule has 0 unspecified atom stereocenters. The van der Waals surface area contributed by atoms with Crippen molar-refractivity contribution in [2.24, 2.45) is 7.05 Å². The van der Waals surface area contributed by atoms with E-state index < -0.39 is 0 Å². The first kappa shape index (κ1) is 17.8. The molecule has 3 heterocycles. The van der Waals surface area contributed by atoms with Crippen LogP contribution < -0.4 is 9.80 Å². The minimum Gasteiger partial charge on any atom is -0.509 e. The molecule has 0 spiro atoms. The van der Waals surface area contributed by atoms with E-state index in [4.69, 9.17) is 5.41 Å². The van der Waals surface area contributed by atoms with Crippen molar-refractivity contribution in [1.82, 2.24) is 9.55 Å². The number of anilines is 2. The van der Waals surface area contributed by atoms with Gasteiger partial charge in [0, 0.05) is 31.5 Å². The molecular formula is C23H25N5O. The van der Waals surface area contributed by atoms with Gasteiger partial charge in [-0.3, -0.25) is 5.41 Å². The molecule has 1 fully saturated rings. The van der Waals surface area contributed by atoms with Gasteiger partial charge in [0.2, 0.25) is 0 Å². The van der Waals surface area contributed by atoms with Crippen LogP contribution in [0.4, 0.5) is 11.4 Å². The Hall–Kier alpha value is -3.28. The van der Waals surface area contributed by atoms with E-state index in [1.165, 1.54) is 24.9 Å². The van der Waals surface area contributed by atoms with Crippen LogP contribution >= 0.6 is 0 Å². The number of nitrogens with zero attached hydrogens (tertiary/aromatic N) is 4. The molecule has 0 bridgehead atoms. The number of fused-ring (bicyclic) bond motifs is 1. The second-order valence-electron chi connectivity index (χ2n) is 7.80. The molecule has 6 heteroatoms. The number of aliphatic hydroxyl groups excluding tert-OH is 1. The van der Waals surface area contributed by atoms with Crippen LogP contribution in [0.1, 0.15) is 25.1 Å². The fourth-order valence-electron chi connectivity index (χ4n) is 4.40. The van der Waals surface area contributed by atoms with Crippen molar-refractivity contribution in [3.8, 4) is 0 Å². The number of para-hydroxylation sites is 2. The summed E-state index contributed by atoms with van der Waals surface area (Å²) in [7, 11) is 1.92. The first-order valence-corrected chi connectivity index (χ1v) is 10.2. The zero-order valence-corrected chi connectivity index (χ0v) is 16.6. The summed E-state index contributed by atoms with van der Waals surface area (Å²) in [4.78, 5) is 8.93. The summed E-state index contributed by atoms with van der Waals surface area (Å²) in [6, 6.07) is 16.2. The smallest absolute Gasteiger partial charge is 0.148 e. The van der Waals surface area contributed by atoms with E-state index in [0.29, 0.717) is 17.9 Å². The van der Waals surface area contributed by atoms with Crippen molar-refractivity contribution < 1.29 is 5.11 Å². The molecule has 29 heavy (non-hydrogen) atoms. The van der Waals surface area contributed by atoms with Gasteiger partial charge in [-0.05, 0) is 55.7 Å². The summed E-state index contributed by atoms with van der Waals surface area (Å²) in [5, 5.41) is 19.4. The molecule has 6 nitrogen and oxygen atoms in total. The van der Waals surface area contributed by atoms with Crippen LogP contribution in [0.2, 0.25) is 0 Å². The summed E-state index contributed by atoms with van der Waals surface area (Å²) in [5.74, 6) is 1.10. The van der Waals surface area contributed by atoms with Crippen LogP contribution in [0.3, 0.4) is 0 Å².